The van der Waals surface area contributed by atoms with Gasteiger partial charge in [-0.05, 0) is 67.9 Å². The Balaban J connectivity index is 1.14. The number of likely N-dealkylation sites (tertiary alicyclic amines) is 1. The first kappa shape index (κ1) is 28.2. The molecule has 47 heavy (non-hydrogen) atoms. The summed E-state index contributed by atoms with van der Waals surface area (Å²) in [5.41, 5.74) is 10.9. The molecule has 2 N–H and O–H groups in total. The van der Waals surface area contributed by atoms with Gasteiger partial charge in [-0.2, -0.15) is 5.26 Å². The summed E-state index contributed by atoms with van der Waals surface area (Å²) in [4.78, 5) is 36.7. The van der Waals surface area contributed by atoms with Crippen LogP contribution in [0.5, 0.6) is 5.75 Å². The smallest absolute Gasteiger partial charge is 0.254 e. The number of piperidine rings is 1. The van der Waals surface area contributed by atoms with Crippen LogP contribution in [0.4, 0.5) is 5.82 Å². The maximum absolute atomic E-state index is 13.9. The number of ether oxygens (including phenoxy) is 1. The van der Waals surface area contributed by atoms with E-state index in [-0.39, 0.29) is 23.9 Å². The molecule has 12 heteroatoms. The summed E-state index contributed by atoms with van der Waals surface area (Å²) < 4.78 is 10.6. The molecule has 4 fully saturated rings. The summed E-state index contributed by atoms with van der Waals surface area (Å²) in [7, 11) is 1.66. The molecule has 2 aliphatic heterocycles. The van der Waals surface area contributed by atoms with Crippen molar-refractivity contribution >= 4 is 33.8 Å². The van der Waals surface area contributed by atoms with Crippen LogP contribution in [0.2, 0.25) is 0 Å². The number of anilines is 1. The number of imidazole rings is 1. The number of benzene rings is 1. The summed E-state index contributed by atoms with van der Waals surface area (Å²) in [6.45, 7) is 3.73. The molecule has 0 spiro atoms. The third kappa shape index (κ3) is 4.55. The first-order valence-corrected chi connectivity index (χ1v) is 16.6. The van der Waals surface area contributed by atoms with Crippen molar-refractivity contribution in [2.45, 2.75) is 50.9 Å². The van der Waals surface area contributed by atoms with Crippen LogP contribution in [-0.2, 0) is 13.1 Å². The van der Waals surface area contributed by atoms with Crippen LogP contribution in [0.3, 0.4) is 0 Å². The molecule has 4 aliphatic rings. The zero-order chi connectivity index (χ0) is 31.8. The monoisotopic (exact) mass is 628 g/mol. The summed E-state index contributed by atoms with van der Waals surface area (Å²) >= 11 is 0. The number of nitriles is 1. The van der Waals surface area contributed by atoms with Crippen LogP contribution in [0, 0.1) is 29.1 Å². The number of aromatic nitrogens is 6. The van der Waals surface area contributed by atoms with Gasteiger partial charge in [-0.3, -0.25) is 4.79 Å². The number of hydrogen-bond acceptors (Lipinski definition) is 9. The van der Waals surface area contributed by atoms with Crippen LogP contribution >= 0.6 is 0 Å². The number of nitrogens with zero attached hydrogens (tertiary/aromatic N) is 9. The highest BCUT2D eigenvalue weighted by Crippen LogP contribution is 2.41. The largest absolute Gasteiger partial charge is 0.494 e. The minimum atomic E-state index is -0.0112. The lowest BCUT2D eigenvalue weighted by molar-refractivity contribution is 0.0700. The fraction of sp³-hybridized carbons (Fsp3) is 0.429. The molecule has 2 bridgehead atoms. The highest BCUT2D eigenvalue weighted by atomic mass is 16.5. The average Bonchev–Trinajstić information content (AvgIpc) is 3.44. The van der Waals surface area contributed by atoms with Crippen molar-refractivity contribution in [2.75, 3.05) is 31.6 Å². The molecule has 2 saturated heterocycles. The van der Waals surface area contributed by atoms with Crippen LogP contribution in [0.1, 0.15) is 41.7 Å². The van der Waals surface area contributed by atoms with Gasteiger partial charge in [0.25, 0.3) is 5.91 Å². The van der Waals surface area contributed by atoms with Gasteiger partial charge in [0.1, 0.15) is 23.0 Å². The number of hydrogen-bond donors (Lipinski definition) is 1. The number of pyridine rings is 1. The molecule has 0 radical (unpaired) electrons. The van der Waals surface area contributed by atoms with Crippen LogP contribution in [-0.4, -0.2) is 78.7 Å². The first-order chi connectivity index (χ1) is 23.0. The summed E-state index contributed by atoms with van der Waals surface area (Å²) in [5.74, 6) is 3.34. The third-order valence-corrected chi connectivity index (χ3v) is 10.7. The molecule has 12 nitrogen and oxygen atoms in total. The number of carbonyl (C=O) groups excluding carboxylic acids is 1. The minimum absolute atomic E-state index is 0.0112. The van der Waals surface area contributed by atoms with Crippen molar-refractivity contribution in [3.63, 3.8) is 0 Å². The molecule has 4 aromatic heterocycles. The highest BCUT2D eigenvalue weighted by Gasteiger charge is 2.47. The molecular weight excluding hydrogens is 592 g/mol. The van der Waals surface area contributed by atoms with Gasteiger partial charge in [0.15, 0.2) is 17.3 Å². The van der Waals surface area contributed by atoms with E-state index in [1.54, 1.807) is 19.5 Å². The van der Waals surface area contributed by atoms with Crippen molar-refractivity contribution in [1.82, 2.24) is 34.0 Å². The standard InChI is InChI=1S/C35H36N10O2/c1-47-29-13-24(35(46)44-19-23-6-7-27(44)30(23)37)11-25-31(29)45(18-21-15-42(16-21)33-26(14-36)38-9-10-40-33)34(41-25)28-12-22-3-2-8-39-32(22)43(28)17-20-4-5-20/h2-3,8-13,20-21,23,27,30H,4-7,15-19,37H2,1H3/t23-,27-,30-/m1/s1. The van der Waals surface area contributed by atoms with E-state index in [2.05, 4.69) is 42.2 Å². The van der Waals surface area contributed by atoms with E-state index < -0.39 is 0 Å². The summed E-state index contributed by atoms with van der Waals surface area (Å²) in [5, 5.41) is 10.7. The molecule has 0 unspecified atom stereocenters. The molecule has 1 aromatic carbocycles. The van der Waals surface area contributed by atoms with Crippen LogP contribution in [0.25, 0.3) is 33.6 Å². The number of rotatable bonds is 8. The van der Waals surface area contributed by atoms with Gasteiger partial charge in [0.2, 0.25) is 0 Å². The average molecular weight is 629 g/mol. The predicted octanol–water partition coefficient (Wildman–Crippen LogP) is 3.83. The molecule has 2 aliphatic carbocycles. The van der Waals surface area contributed by atoms with Crippen molar-refractivity contribution < 1.29 is 9.53 Å². The van der Waals surface area contributed by atoms with Crippen LogP contribution < -0.4 is 15.4 Å². The fourth-order valence-electron chi connectivity index (χ4n) is 8.10. The zero-order valence-electron chi connectivity index (χ0n) is 26.3. The molecule has 6 heterocycles. The molecule has 3 atom stereocenters. The first-order valence-electron chi connectivity index (χ1n) is 16.6. The number of fused-ring (bicyclic) bond motifs is 4. The second kappa shape index (κ2) is 10.8. The Labute approximate surface area is 271 Å². The van der Waals surface area contributed by atoms with E-state index in [0.717, 1.165) is 66.1 Å². The zero-order valence-corrected chi connectivity index (χ0v) is 26.3. The second-order valence-electron chi connectivity index (χ2n) is 13.6. The van der Waals surface area contributed by atoms with Gasteiger partial charge in [0.05, 0.1) is 18.3 Å². The van der Waals surface area contributed by atoms with E-state index in [4.69, 9.17) is 20.4 Å². The van der Waals surface area contributed by atoms with Crippen molar-refractivity contribution in [3.8, 4) is 23.3 Å². The van der Waals surface area contributed by atoms with Crippen molar-refractivity contribution in [3.05, 3.63) is 60.2 Å². The number of nitrogens with two attached hydrogens (primary N) is 1. The Morgan fingerprint density at radius 1 is 1.00 bits per heavy atom. The Hall–Kier alpha value is -5.02. The lowest BCUT2D eigenvalue weighted by atomic mass is 9.99. The Morgan fingerprint density at radius 3 is 2.57 bits per heavy atom. The van der Waals surface area contributed by atoms with Gasteiger partial charge in [-0.25, -0.2) is 19.9 Å². The SMILES string of the molecule is COc1cc(C(=O)N2C[C@H]3CC[C@@H]2[C@@H]3N)cc2nc(-c3cc4cccnc4n3CC3CC3)n(CC3CN(c4nccnc4C#N)C3)c12. The number of carbonyl (C=O) groups is 1. The fourth-order valence-corrected chi connectivity index (χ4v) is 8.10. The Bertz CT molecular complexity index is 2090. The normalized spacial score (nSPS) is 22.3. The van der Waals surface area contributed by atoms with Crippen LogP contribution in [0.15, 0.2) is 48.9 Å². The summed E-state index contributed by atoms with van der Waals surface area (Å²) in [6, 6.07) is 12.4. The van der Waals surface area contributed by atoms with E-state index in [1.807, 2.05) is 29.3 Å². The molecule has 238 valence electrons. The van der Waals surface area contributed by atoms with E-state index >= 15 is 0 Å². The lowest BCUT2D eigenvalue weighted by Gasteiger charge is -2.40. The topological polar surface area (TPSA) is 144 Å². The Morgan fingerprint density at radius 2 is 1.83 bits per heavy atom. The highest BCUT2D eigenvalue weighted by molar-refractivity contribution is 6.00. The summed E-state index contributed by atoms with van der Waals surface area (Å²) in [6.07, 6.45) is 9.50. The minimum Gasteiger partial charge on any atom is -0.494 e. The van der Waals surface area contributed by atoms with Crippen molar-refractivity contribution in [2.24, 2.45) is 23.5 Å². The van der Waals surface area contributed by atoms with E-state index in [9.17, 15) is 10.1 Å². The molecule has 9 rings (SSSR count). The van der Waals surface area contributed by atoms with Gasteiger partial charge in [0, 0.05) is 80.3 Å². The van der Waals surface area contributed by atoms with Crippen molar-refractivity contribution in [1.29, 1.82) is 5.26 Å². The van der Waals surface area contributed by atoms with Gasteiger partial charge < -0.3 is 29.4 Å². The maximum Gasteiger partial charge on any atom is 0.254 e. The molecule has 2 saturated carbocycles. The van der Waals surface area contributed by atoms with E-state index in [0.29, 0.717) is 47.8 Å². The van der Waals surface area contributed by atoms with Gasteiger partial charge in [-0.1, -0.05) is 0 Å². The molecular formula is C35H36N10O2. The predicted molar refractivity (Wildman–Crippen MR) is 176 cm³/mol. The molecule has 5 aromatic rings. The lowest BCUT2D eigenvalue weighted by Crippen LogP contribution is -2.49. The third-order valence-electron chi connectivity index (χ3n) is 10.7. The maximum atomic E-state index is 13.9. The van der Waals surface area contributed by atoms with E-state index in [1.165, 1.54) is 12.8 Å². The number of methoxy groups -OCH3 is 1. The Kier molecular flexibility index (Phi) is 6.47. The second-order valence-corrected chi connectivity index (χ2v) is 13.6. The number of amides is 1. The van der Waals surface area contributed by atoms with Gasteiger partial charge >= 0.3 is 0 Å². The molecule has 1 amide bonds. The quantitative estimate of drug-likeness (QED) is 0.271. The van der Waals surface area contributed by atoms with Gasteiger partial charge in [-0.15, -0.1) is 0 Å².